The molecule has 0 saturated heterocycles. The molecule has 9 nitrogen and oxygen atoms in total. The molecule has 0 saturated carbocycles. The van der Waals surface area contributed by atoms with Gasteiger partial charge in [0.2, 0.25) is 11.7 Å². The molecule has 1 unspecified atom stereocenters. The second-order valence-corrected chi connectivity index (χ2v) is 8.34. The first-order chi connectivity index (χ1) is 17.1. The topological polar surface area (TPSA) is 107 Å². The summed E-state index contributed by atoms with van der Waals surface area (Å²) in [6, 6.07) is 23.0. The summed E-state index contributed by atoms with van der Waals surface area (Å²) >= 11 is 0. The van der Waals surface area contributed by atoms with Gasteiger partial charge in [0.15, 0.2) is 5.65 Å². The van der Waals surface area contributed by atoms with E-state index in [0.717, 1.165) is 23.1 Å². The Morgan fingerprint density at radius 2 is 1.77 bits per heavy atom. The van der Waals surface area contributed by atoms with Crippen molar-refractivity contribution >= 4 is 11.6 Å². The van der Waals surface area contributed by atoms with Crippen molar-refractivity contribution in [2.45, 2.75) is 32.4 Å². The Morgan fingerprint density at radius 3 is 2.54 bits per heavy atom. The van der Waals surface area contributed by atoms with Gasteiger partial charge in [-0.25, -0.2) is 13.9 Å². The van der Waals surface area contributed by atoms with Crippen LogP contribution in [0.25, 0.3) is 28.5 Å². The van der Waals surface area contributed by atoms with Gasteiger partial charge < -0.3 is 9.84 Å². The van der Waals surface area contributed by atoms with Crippen LogP contribution in [0.2, 0.25) is 0 Å². The molecule has 2 aromatic carbocycles. The number of rotatable bonds is 8. The van der Waals surface area contributed by atoms with Crippen molar-refractivity contribution in [3.05, 3.63) is 95.0 Å². The van der Waals surface area contributed by atoms with Crippen LogP contribution in [0.15, 0.2) is 88.3 Å². The van der Waals surface area contributed by atoms with Gasteiger partial charge in [0, 0.05) is 17.8 Å². The first-order valence-electron chi connectivity index (χ1n) is 11.4. The second kappa shape index (κ2) is 9.76. The van der Waals surface area contributed by atoms with Crippen LogP contribution in [0.4, 0.5) is 0 Å². The number of benzene rings is 2. The van der Waals surface area contributed by atoms with E-state index in [1.165, 1.54) is 9.96 Å². The van der Waals surface area contributed by atoms with Crippen LogP contribution >= 0.6 is 0 Å². The lowest BCUT2D eigenvalue weighted by Gasteiger charge is -2.13. The molecule has 5 rings (SSSR count). The van der Waals surface area contributed by atoms with E-state index < -0.39 is 5.69 Å². The predicted molar refractivity (Wildman–Crippen MR) is 131 cm³/mol. The molecule has 0 aliphatic heterocycles. The molecule has 1 amide bonds. The average molecular weight is 469 g/mol. The molecular weight excluding hydrogens is 444 g/mol. The van der Waals surface area contributed by atoms with Gasteiger partial charge in [-0.05, 0) is 37.5 Å². The number of hydrogen-bond acceptors (Lipinski definition) is 6. The molecule has 0 fully saturated rings. The van der Waals surface area contributed by atoms with Crippen molar-refractivity contribution in [2.75, 3.05) is 0 Å². The number of pyridine rings is 1. The van der Waals surface area contributed by atoms with Crippen LogP contribution in [-0.4, -0.2) is 36.3 Å². The van der Waals surface area contributed by atoms with Crippen LogP contribution in [0.5, 0.6) is 0 Å². The highest BCUT2D eigenvalue weighted by Crippen LogP contribution is 2.24. The van der Waals surface area contributed by atoms with Gasteiger partial charge in [-0.2, -0.15) is 4.98 Å². The number of nitrogens with zero attached hydrogens (tertiary/aromatic N) is 5. The monoisotopic (exact) mass is 468 g/mol. The molecule has 0 aliphatic rings. The molecule has 9 heteroatoms. The lowest BCUT2D eigenvalue weighted by molar-refractivity contribution is -0.122. The highest BCUT2D eigenvalue weighted by atomic mass is 16.5. The van der Waals surface area contributed by atoms with Gasteiger partial charge in [0.1, 0.15) is 6.54 Å². The van der Waals surface area contributed by atoms with Gasteiger partial charge >= 0.3 is 5.69 Å². The Morgan fingerprint density at radius 1 is 1.03 bits per heavy atom. The molecule has 3 aromatic heterocycles. The lowest BCUT2D eigenvalue weighted by atomic mass is 10.1. The minimum Gasteiger partial charge on any atom is -0.352 e. The summed E-state index contributed by atoms with van der Waals surface area (Å²) in [7, 11) is 0. The van der Waals surface area contributed by atoms with Gasteiger partial charge in [-0.15, -0.1) is 5.10 Å². The maximum atomic E-state index is 12.9. The zero-order valence-electron chi connectivity index (χ0n) is 19.2. The second-order valence-electron chi connectivity index (χ2n) is 8.34. The van der Waals surface area contributed by atoms with E-state index in [-0.39, 0.29) is 24.4 Å². The standard InChI is InChI=1S/C26H24N6O3/c1-18(14-15-19-9-4-2-5-10-19)27-22(33)17-32-26(34)31-16-8-13-21(24(31)29-32)25-28-23(30-35-25)20-11-6-3-7-12-20/h2-13,16,18H,14-15,17H2,1H3,(H,27,33). The minimum atomic E-state index is -0.420. The molecule has 176 valence electrons. The number of nitrogens with one attached hydrogen (secondary N) is 1. The van der Waals surface area contributed by atoms with E-state index in [0.29, 0.717) is 17.0 Å². The van der Waals surface area contributed by atoms with E-state index in [2.05, 4.69) is 32.7 Å². The molecule has 0 aliphatic carbocycles. The quantitative estimate of drug-likeness (QED) is 0.374. The normalized spacial score (nSPS) is 12.0. The first kappa shape index (κ1) is 22.3. The number of carbonyl (C=O) groups excluding carboxylic acids is 1. The van der Waals surface area contributed by atoms with E-state index >= 15 is 0 Å². The Kier molecular flexibility index (Phi) is 6.21. The summed E-state index contributed by atoms with van der Waals surface area (Å²) in [5, 5.41) is 11.4. The molecule has 35 heavy (non-hydrogen) atoms. The van der Waals surface area contributed by atoms with E-state index in [1.54, 1.807) is 18.3 Å². The van der Waals surface area contributed by atoms with Crippen molar-refractivity contribution in [3.63, 3.8) is 0 Å². The van der Waals surface area contributed by atoms with Crippen LogP contribution < -0.4 is 11.0 Å². The summed E-state index contributed by atoms with van der Waals surface area (Å²) in [6.07, 6.45) is 3.25. The van der Waals surface area contributed by atoms with Crippen molar-refractivity contribution in [1.29, 1.82) is 0 Å². The third kappa shape index (κ3) is 4.89. The third-order valence-electron chi connectivity index (χ3n) is 5.71. The van der Waals surface area contributed by atoms with Crippen molar-refractivity contribution < 1.29 is 9.32 Å². The van der Waals surface area contributed by atoms with Crippen LogP contribution in [0.1, 0.15) is 18.9 Å². The summed E-state index contributed by atoms with van der Waals surface area (Å²) in [6.45, 7) is 1.76. The number of amides is 1. The fourth-order valence-electron chi connectivity index (χ4n) is 3.90. The van der Waals surface area contributed by atoms with Crippen LogP contribution in [-0.2, 0) is 17.8 Å². The summed E-state index contributed by atoms with van der Waals surface area (Å²) in [5.74, 6) is 0.403. The molecule has 3 heterocycles. The number of hydrogen-bond donors (Lipinski definition) is 1. The lowest BCUT2D eigenvalue weighted by Crippen LogP contribution is -2.37. The molecule has 0 radical (unpaired) electrons. The van der Waals surface area contributed by atoms with Gasteiger partial charge in [0.25, 0.3) is 5.89 Å². The zero-order chi connectivity index (χ0) is 24.2. The maximum absolute atomic E-state index is 12.9. The molecule has 1 atom stereocenters. The molecule has 0 spiro atoms. The summed E-state index contributed by atoms with van der Waals surface area (Å²) in [4.78, 5) is 30.0. The Balaban J connectivity index is 1.32. The van der Waals surface area contributed by atoms with Gasteiger partial charge in [-0.3, -0.25) is 4.79 Å². The highest BCUT2D eigenvalue weighted by molar-refractivity contribution is 5.76. The average Bonchev–Trinajstić information content (AvgIpc) is 3.49. The first-order valence-corrected chi connectivity index (χ1v) is 11.4. The zero-order valence-corrected chi connectivity index (χ0v) is 19.2. The smallest absolute Gasteiger partial charge is 0.350 e. The van der Waals surface area contributed by atoms with E-state index in [4.69, 9.17) is 4.52 Å². The Hall–Kier alpha value is -4.53. The fraction of sp³-hybridized carbons (Fsp3) is 0.192. The Labute approximate surface area is 201 Å². The SMILES string of the molecule is CC(CCc1ccccc1)NC(=O)Cn1nc2c(-c3nc(-c4ccccc4)no3)cccn2c1=O. The largest absolute Gasteiger partial charge is 0.352 e. The molecule has 5 aromatic rings. The van der Waals surface area contributed by atoms with Crippen LogP contribution in [0.3, 0.4) is 0 Å². The van der Waals surface area contributed by atoms with Gasteiger partial charge in [-0.1, -0.05) is 65.8 Å². The van der Waals surface area contributed by atoms with Crippen molar-refractivity contribution in [2.24, 2.45) is 0 Å². The van der Waals surface area contributed by atoms with Crippen molar-refractivity contribution in [3.8, 4) is 22.8 Å². The highest BCUT2D eigenvalue weighted by Gasteiger charge is 2.19. The number of carbonyl (C=O) groups is 1. The Bertz CT molecular complexity index is 1500. The summed E-state index contributed by atoms with van der Waals surface area (Å²) < 4.78 is 7.97. The number of aryl methyl sites for hydroxylation is 1. The number of aromatic nitrogens is 5. The number of fused-ring (bicyclic) bond motifs is 1. The fourth-order valence-corrected chi connectivity index (χ4v) is 3.90. The van der Waals surface area contributed by atoms with Crippen LogP contribution in [0, 0.1) is 0 Å². The third-order valence-corrected chi connectivity index (χ3v) is 5.71. The summed E-state index contributed by atoms with van der Waals surface area (Å²) in [5.41, 5.74) is 2.46. The minimum absolute atomic E-state index is 0.0409. The van der Waals surface area contributed by atoms with Crippen molar-refractivity contribution in [1.82, 2.24) is 29.6 Å². The molecule has 0 bridgehead atoms. The van der Waals surface area contributed by atoms with E-state index in [9.17, 15) is 9.59 Å². The van der Waals surface area contributed by atoms with E-state index in [1.807, 2.05) is 55.5 Å². The molecular formula is C26H24N6O3. The van der Waals surface area contributed by atoms with Gasteiger partial charge in [0.05, 0.1) is 5.56 Å². The maximum Gasteiger partial charge on any atom is 0.350 e. The predicted octanol–water partition coefficient (Wildman–Crippen LogP) is 3.35. The molecule has 1 N–H and O–H groups in total.